The number of unbranched alkanes of at least 4 members (excludes halogenated alkanes) is 2. The van der Waals surface area contributed by atoms with Gasteiger partial charge in [0.25, 0.3) is 0 Å². The van der Waals surface area contributed by atoms with E-state index in [0.717, 1.165) is 129 Å². The standard InChI is InChI=1S/C47H53N2O9/c1-3-40(50)53-24-6-5-17-42(52)57-39-19-18-31(30-56-55-26-8-7-25-54-41(51)4-2)27-36(39)43-37-28-32-13-9-20-48-22-11-15-34(44(32)48)46(37)58-47-35-16-12-23-49-21-10-14-33(45(35)49)29-38(43)47/h3-4,18-19,27-29H,1-2,5-17,20-26,30H2/q+1. The Kier molecular flexibility index (Phi) is 12.4. The molecule has 0 unspecified atom stereocenters. The topological polar surface area (TPSA) is 113 Å². The van der Waals surface area contributed by atoms with Crippen LogP contribution in [-0.4, -0.2) is 63.9 Å². The Hall–Kier alpha value is -5.26. The average molecular weight is 790 g/mol. The second-order valence-electron chi connectivity index (χ2n) is 15.6. The Bertz CT molecular complexity index is 2250. The van der Waals surface area contributed by atoms with Crippen LogP contribution in [0.15, 0.2) is 55.6 Å². The lowest BCUT2D eigenvalue weighted by atomic mass is 9.82. The fourth-order valence-electron chi connectivity index (χ4n) is 9.20. The van der Waals surface area contributed by atoms with Crippen molar-refractivity contribution in [2.75, 3.05) is 50.9 Å². The Balaban J connectivity index is 1.19. The van der Waals surface area contributed by atoms with Crippen molar-refractivity contribution in [1.82, 2.24) is 4.58 Å². The van der Waals surface area contributed by atoms with Gasteiger partial charge in [0.1, 0.15) is 36.9 Å². The van der Waals surface area contributed by atoms with Gasteiger partial charge in [0, 0.05) is 83.2 Å². The first kappa shape index (κ1) is 39.6. The first-order valence-corrected chi connectivity index (χ1v) is 21.0. The van der Waals surface area contributed by atoms with E-state index in [1.165, 1.54) is 33.3 Å². The van der Waals surface area contributed by atoms with E-state index in [-0.39, 0.29) is 32.2 Å². The van der Waals surface area contributed by atoms with E-state index in [2.05, 4.69) is 40.8 Å². The minimum Gasteiger partial charge on any atom is -0.463 e. The van der Waals surface area contributed by atoms with E-state index in [9.17, 15) is 14.4 Å². The first-order valence-electron chi connectivity index (χ1n) is 21.0. The SMILES string of the molecule is C=CC(=O)OCCCCOOCc1ccc(OC(=O)CCCCOC(=O)C=C)c(C2=c3cc4c5c(c3Oc3c2cc2c6c3CCCN6CCC2)CCC[N+]=5CCC4)c1. The summed E-state index contributed by atoms with van der Waals surface area (Å²) >= 11 is 0. The van der Waals surface area contributed by atoms with Crippen LogP contribution < -0.4 is 29.5 Å². The number of hydrogen-bond donors (Lipinski definition) is 0. The Morgan fingerprint density at radius 1 is 0.741 bits per heavy atom. The highest BCUT2D eigenvalue weighted by Gasteiger charge is 2.36. The van der Waals surface area contributed by atoms with Gasteiger partial charge in [-0.2, -0.15) is 0 Å². The number of anilines is 1. The molecule has 5 heterocycles. The monoisotopic (exact) mass is 789 g/mol. The van der Waals surface area contributed by atoms with Gasteiger partial charge < -0.3 is 23.8 Å². The molecule has 0 aromatic heterocycles. The van der Waals surface area contributed by atoms with E-state index in [0.29, 0.717) is 38.0 Å². The summed E-state index contributed by atoms with van der Waals surface area (Å²) in [6, 6.07) is 10.5. The highest BCUT2D eigenvalue weighted by molar-refractivity contribution is 5.92. The minimum atomic E-state index is -0.478. The zero-order valence-electron chi connectivity index (χ0n) is 33.4. The maximum atomic E-state index is 13.6. The summed E-state index contributed by atoms with van der Waals surface area (Å²) in [4.78, 5) is 50.2. The van der Waals surface area contributed by atoms with Gasteiger partial charge in [-0.25, -0.2) is 23.9 Å². The Morgan fingerprint density at radius 3 is 2.24 bits per heavy atom. The van der Waals surface area contributed by atoms with Gasteiger partial charge in [0.15, 0.2) is 0 Å². The quantitative estimate of drug-likeness (QED) is 0.0245. The van der Waals surface area contributed by atoms with E-state index in [1.54, 1.807) is 0 Å². The molecule has 0 fully saturated rings. The number of nitrogens with zero attached hydrogens (tertiary/aromatic N) is 2. The largest absolute Gasteiger partial charge is 0.463 e. The molecule has 0 N–H and O–H groups in total. The summed E-state index contributed by atoms with van der Waals surface area (Å²) in [7, 11) is 0. The lowest BCUT2D eigenvalue weighted by Crippen LogP contribution is -2.45. The summed E-state index contributed by atoms with van der Waals surface area (Å²) in [5, 5.41) is 2.38. The van der Waals surface area contributed by atoms with Crippen molar-refractivity contribution in [2.24, 2.45) is 0 Å². The number of ether oxygens (including phenoxy) is 4. The molecule has 0 amide bonds. The zero-order chi connectivity index (χ0) is 40.0. The highest BCUT2D eigenvalue weighted by Crippen LogP contribution is 2.49. The fourth-order valence-corrected chi connectivity index (χ4v) is 9.20. The number of carbonyl (C=O) groups excluding carboxylic acids is 3. The van der Waals surface area contributed by atoms with Crippen molar-refractivity contribution in [3.05, 3.63) is 105 Å². The molecule has 0 spiro atoms. The molecule has 0 saturated heterocycles. The molecule has 8 rings (SSSR count). The van der Waals surface area contributed by atoms with Crippen molar-refractivity contribution < 1.29 is 43.1 Å². The molecule has 11 nitrogen and oxygen atoms in total. The molecule has 0 radical (unpaired) electrons. The molecule has 5 aliphatic rings. The lowest BCUT2D eigenvalue weighted by Gasteiger charge is -2.39. The highest BCUT2D eigenvalue weighted by atomic mass is 17.2. The van der Waals surface area contributed by atoms with Gasteiger partial charge in [-0.05, 0) is 99.6 Å². The third-order valence-electron chi connectivity index (χ3n) is 11.8. The van der Waals surface area contributed by atoms with Gasteiger partial charge in [0.05, 0.1) is 25.4 Å². The summed E-state index contributed by atoms with van der Waals surface area (Å²) in [6.45, 7) is 12.1. The van der Waals surface area contributed by atoms with E-state index in [4.69, 9.17) is 28.7 Å². The van der Waals surface area contributed by atoms with Gasteiger partial charge in [0.2, 0.25) is 5.36 Å². The van der Waals surface area contributed by atoms with Crippen LogP contribution in [0.5, 0.6) is 17.2 Å². The molecule has 5 aliphatic heterocycles. The summed E-state index contributed by atoms with van der Waals surface area (Å²) < 4.78 is 26.3. The molecule has 0 saturated carbocycles. The molecule has 304 valence electrons. The third-order valence-corrected chi connectivity index (χ3v) is 11.8. The second kappa shape index (κ2) is 18.1. The number of esters is 3. The predicted molar refractivity (Wildman–Crippen MR) is 219 cm³/mol. The van der Waals surface area contributed by atoms with Crippen LogP contribution in [0.4, 0.5) is 5.69 Å². The summed E-state index contributed by atoms with van der Waals surface area (Å²) in [5.41, 5.74) is 10.3. The summed E-state index contributed by atoms with van der Waals surface area (Å²) in [6.07, 6.45) is 13.0. The van der Waals surface area contributed by atoms with Crippen molar-refractivity contribution in [1.29, 1.82) is 0 Å². The number of hydrogen-bond acceptors (Lipinski definition) is 10. The van der Waals surface area contributed by atoms with Crippen LogP contribution in [-0.2, 0) is 65.9 Å². The van der Waals surface area contributed by atoms with Gasteiger partial charge in [-0.1, -0.05) is 19.2 Å². The average Bonchev–Trinajstić information content (AvgIpc) is 3.24. The van der Waals surface area contributed by atoms with E-state index in [1.807, 2.05) is 12.1 Å². The molecule has 0 bridgehead atoms. The fraction of sp³-hybridized carbons (Fsp3) is 0.447. The van der Waals surface area contributed by atoms with E-state index < -0.39 is 11.9 Å². The normalized spacial score (nSPS) is 15.9. The molecule has 0 atom stereocenters. The number of rotatable bonds is 17. The molecule has 3 aromatic carbocycles. The van der Waals surface area contributed by atoms with Crippen molar-refractivity contribution >= 4 is 29.2 Å². The van der Waals surface area contributed by atoms with Crippen LogP contribution in [0.1, 0.15) is 96.7 Å². The van der Waals surface area contributed by atoms with Gasteiger partial charge >= 0.3 is 17.9 Å². The number of fused-ring (bicyclic) bond motifs is 4. The lowest BCUT2D eigenvalue weighted by molar-refractivity contribution is -0.304. The molecule has 11 heteroatoms. The molecule has 58 heavy (non-hydrogen) atoms. The predicted octanol–water partition coefficient (Wildman–Crippen LogP) is 5.88. The molecule has 3 aromatic rings. The van der Waals surface area contributed by atoms with Crippen LogP contribution in [0.2, 0.25) is 0 Å². The number of carbonyl (C=O) groups is 3. The molecule has 0 aliphatic carbocycles. The first-order chi connectivity index (χ1) is 28.4. The molecular weight excluding hydrogens is 737 g/mol. The van der Waals surface area contributed by atoms with Crippen molar-refractivity contribution in [3.63, 3.8) is 0 Å². The molecular formula is C47H53N2O9+. The van der Waals surface area contributed by atoms with Crippen molar-refractivity contribution in [3.8, 4) is 17.2 Å². The minimum absolute atomic E-state index is 0.170. The van der Waals surface area contributed by atoms with E-state index >= 15 is 0 Å². The van der Waals surface area contributed by atoms with Gasteiger partial charge in [-0.15, -0.1) is 0 Å². The smallest absolute Gasteiger partial charge is 0.330 e. The van der Waals surface area contributed by atoms with Crippen LogP contribution >= 0.6 is 0 Å². The van der Waals surface area contributed by atoms with Crippen LogP contribution in [0.3, 0.4) is 0 Å². The van der Waals surface area contributed by atoms with Crippen molar-refractivity contribution in [2.45, 2.75) is 90.1 Å². The van der Waals surface area contributed by atoms with Gasteiger partial charge in [-0.3, -0.25) is 4.79 Å². The number of aryl methyl sites for hydroxylation is 2. The summed E-state index contributed by atoms with van der Waals surface area (Å²) in [5.74, 6) is 1.04. The number of benzene rings is 3. The maximum absolute atomic E-state index is 13.6. The van der Waals surface area contributed by atoms with Crippen LogP contribution in [0.25, 0.3) is 5.57 Å². The van der Waals surface area contributed by atoms with Crippen LogP contribution in [0, 0.1) is 0 Å². The third kappa shape index (κ3) is 8.33. The zero-order valence-corrected chi connectivity index (χ0v) is 33.4. The second-order valence-corrected chi connectivity index (χ2v) is 15.6. The Labute approximate surface area is 339 Å². The maximum Gasteiger partial charge on any atom is 0.330 e. The Morgan fingerprint density at radius 2 is 1.45 bits per heavy atom.